The van der Waals surface area contributed by atoms with Gasteiger partial charge < -0.3 is 57.7 Å². The molecular weight excluding hydrogens is 834 g/mol. The maximum atomic E-state index is 14.4. The Morgan fingerprint density at radius 2 is 1.57 bits per heavy atom. The van der Waals surface area contributed by atoms with Gasteiger partial charge in [0, 0.05) is 30.2 Å². The normalized spacial score (nSPS) is 16.5. The van der Waals surface area contributed by atoms with Crippen molar-refractivity contribution in [3.05, 3.63) is 82.0 Å². The van der Waals surface area contributed by atoms with Crippen LogP contribution in [-0.2, 0) is 31.0 Å². The summed E-state index contributed by atoms with van der Waals surface area (Å²) in [6.07, 6.45) is 0.725. The smallest absolute Gasteiger partial charge is 0.326 e. The number of nitrogen functional groups attached to an aromatic ring is 1. The maximum absolute atomic E-state index is 14.4. The lowest BCUT2D eigenvalue weighted by Gasteiger charge is -2.30. The first kappa shape index (κ1) is 47.5. The third-order valence-corrected chi connectivity index (χ3v) is 10.6. The number of fused-ring (bicyclic) bond motifs is 5. The average molecular weight is 888 g/mol. The van der Waals surface area contributed by atoms with Crippen molar-refractivity contribution in [1.82, 2.24) is 30.8 Å². The topological polar surface area (TPSA) is 287 Å². The summed E-state index contributed by atoms with van der Waals surface area (Å²) in [7, 11) is 1.31. The second-order valence-corrected chi connectivity index (χ2v) is 16.4. The van der Waals surface area contributed by atoms with Crippen LogP contribution in [0, 0.1) is 0 Å². The van der Waals surface area contributed by atoms with Crippen LogP contribution in [0.4, 0.5) is 5.82 Å². The third kappa shape index (κ3) is 11.5. The van der Waals surface area contributed by atoms with E-state index in [1.54, 1.807) is 18.2 Å². The number of rotatable bonds is 14. The van der Waals surface area contributed by atoms with Crippen LogP contribution in [0.1, 0.15) is 73.6 Å². The minimum atomic E-state index is -1.54. The molecule has 3 atom stereocenters. The molecule has 5 rings (SSSR count). The summed E-state index contributed by atoms with van der Waals surface area (Å²) in [6, 6.07) is 11.0. The lowest BCUT2D eigenvalue weighted by atomic mass is 9.87. The Labute approximate surface area is 369 Å². The molecule has 0 fully saturated rings. The fourth-order valence-corrected chi connectivity index (χ4v) is 7.00. The highest BCUT2D eigenvalue weighted by Crippen LogP contribution is 2.44. The predicted molar refractivity (Wildman–Crippen MR) is 236 cm³/mol. The number of halogens is 1. The number of carboxylic acid groups (broad SMARTS) is 1. The molecule has 1 aromatic heterocycles. The Bertz CT molecular complexity index is 2330. The first-order chi connectivity index (χ1) is 29.8. The Balaban J connectivity index is 1.54. The number of benzene rings is 3. The van der Waals surface area contributed by atoms with Crippen LogP contribution in [-0.4, -0.2) is 107 Å². The van der Waals surface area contributed by atoms with E-state index in [-0.39, 0.29) is 82.3 Å². The van der Waals surface area contributed by atoms with Gasteiger partial charge in [-0.25, -0.2) is 14.8 Å². The van der Waals surface area contributed by atoms with Gasteiger partial charge in [0.05, 0.1) is 19.8 Å². The SMILES string of the molecule is C[C@@H]1NC(=O)[C@@H](N(C)C(=O)CNC(=O)c2c(N)nc(-c3ccc(C(C)(C)C)cc3)nc2Cl)c2cc(OCCCN)c(O)c(c2)-c2cc(ccc2OCCCN)C[C@@H](C(=O)O)NC1=O. The molecule has 1 aliphatic rings. The summed E-state index contributed by atoms with van der Waals surface area (Å²) in [5.41, 5.74) is 20.0. The van der Waals surface area contributed by atoms with E-state index in [9.17, 15) is 34.2 Å². The first-order valence-corrected chi connectivity index (χ1v) is 20.7. The second-order valence-electron chi connectivity index (χ2n) is 16.1. The highest BCUT2D eigenvalue weighted by Gasteiger charge is 2.34. The molecule has 4 bridgehead atoms. The fourth-order valence-electron chi connectivity index (χ4n) is 6.74. The summed E-state index contributed by atoms with van der Waals surface area (Å²) in [5, 5.41) is 29.1. The lowest BCUT2D eigenvalue weighted by Crippen LogP contribution is -2.53. The molecule has 63 heavy (non-hydrogen) atoms. The van der Waals surface area contributed by atoms with Crippen molar-refractivity contribution in [2.45, 2.75) is 70.5 Å². The van der Waals surface area contributed by atoms with E-state index in [0.717, 1.165) is 10.5 Å². The van der Waals surface area contributed by atoms with Gasteiger partial charge in [0.15, 0.2) is 17.3 Å². The molecule has 4 amide bonds. The molecule has 0 radical (unpaired) electrons. The number of phenols is 1. The largest absolute Gasteiger partial charge is 0.504 e. The van der Waals surface area contributed by atoms with Gasteiger partial charge in [0.25, 0.3) is 5.91 Å². The van der Waals surface area contributed by atoms with Crippen LogP contribution in [0.5, 0.6) is 17.2 Å². The van der Waals surface area contributed by atoms with Crippen LogP contribution in [0.25, 0.3) is 22.5 Å². The van der Waals surface area contributed by atoms with Crippen molar-refractivity contribution in [3.8, 4) is 39.8 Å². The zero-order valence-corrected chi connectivity index (χ0v) is 36.5. The number of hydrogen-bond donors (Lipinski definition) is 8. The number of carbonyl (C=O) groups excluding carboxylic acids is 4. The quantitative estimate of drug-likeness (QED) is 0.0668. The number of phenolic OH excluding ortho intramolecular Hbond substituents is 1. The van der Waals surface area contributed by atoms with Gasteiger partial charge in [-0.3, -0.25) is 19.2 Å². The van der Waals surface area contributed by atoms with Gasteiger partial charge in [-0.2, -0.15) is 0 Å². The summed E-state index contributed by atoms with van der Waals surface area (Å²) in [6.45, 7) is 7.79. The van der Waals surface area contributed by atoms with E-state index >= 15 is 0 Å². The number of nitrogens with zero attached hydrogens (tertiary/aromatic N) is 3. The zero-order chi connectivity index (χ0) is 46.2. The zero-order valence-electron chi connectivity index (χ0n) is 35.8. The van der Waals surface area contributed by atoms with Crippen molar-refractivity contribution < 1.29 is 43.7 Å². The van der Waals surface area contributed by atoms with Gasteiger partial charge >= 0.3 is 5.97 Å². The van der Waals surface area contributed by atoms with E-state index in [0.29, 0.717) is 36.1 Å². The van der Waals surface area contributed by atoms with E-state index in [1.807, 2.05) is 24.3 Å². The van der Waals surface area contributed by atoms with E-state index in [4.69, 9.17) is 38.3 Å². The molecule has 0 saturated carbocycles. The molecule has 0 saturated heterocycles. The van der Waals surface area contributed by atoms with Crippen molar-refractivity contribution in [1.29, 1.82) is 0 Å². The third-order valence-electron chi connectivity index (χ3n) is 10.3. The summed E-state index contributed by atoms with van der Waals surface area (Å²) in [4.78, 5) is 77.3. The number of likely N-dealkylation sites (N-methyl/N-ethyl adjacent to an activating group) is 1. The molecule has 19 heteroatoms. The Morgan fingerprint density at radius 1 is 0.921 bits per heavy atom. The maximum Gasteiger partial charge on any atom is 0.326 e. The second kappa shape index (κ2) is 20.6. The average Bonchev–Trinajstić information content (AvgIpc) is 3.23. The molecular formula is C44H54ClN9O9. The highest BCUT2D eigenvalue weighted by molar-refractivity contribution is 6.33. The predicted octanol–water partition coefficient (Wildman–Crippen LogP) is 3.06. The number of ether oxygens (including phenoxy) is 2. The molecule has 11 N–H and O–H groups in total. The first-order valence-electron chi connectivity index (χ1n) is 20.3. The molecule has 0 spiro atoms. The van der Waals surface area contributed by atoms with Crippen LogP contribution in [0.2, 0.25) is 5.15 Å². The number of aromatic hydroxyl groups is 1. The molecule has 3 aromatic carbocycles. The van der Waals surface area contributed by atoms with Gasteiger partial charge in [0.2, 0.25) is 17.7 Å². The van der Waals surface area contributed by atoms with Crippen molar-refractivity contribution in [2.24, 2.45) is 11.5 Å². The summed E-state index contributed by atoms with van der Waals surface area (Å²) >= 11 is 6.49. The Hall–Kier alpha value is -6.50. The molecule has 2 heterocycles. The number of carbonyl (C=O) groups is 5. The number of anilines is 1. The summed E-state index contributed by atoms with van der Waals surface area (Å²) < 4.78 is 12.0. The van der Waals surface area contributed by atoms with E-state index in [2.05, 4.69) is 46.7 Å². The lowest BCUT2D eigenvalue weighted by molar-refractivity contribution is -0.142. The Morgan fingerprint density at radius 3 is 2.17 bits per heavy atom. The fraction of sp³-hybridized carbons (Fsp3) is 0.386. The van der Waals surface area contributed by atoms with Crippen molar-refractivity contribution >= 4 is 47.0 Å². The number of amides is 4. The number of nitrogens with one attached hydrogen (secondary N) is 3. The van der Waals surface area contributed by atoms with Crippen molar-refractivity contribution in [2.75, 3.05) is 45.6 Å². The van der Waals surface area contributed by atoms with Crippen LogP contribution >= 0.6 is 11.6 Å². The minimum Gasteiger partial charge on any atom is -0.504 e. The van der Waals surface area contributed by atoms with E-state index in [1.165, 1.54) is 26.1 Å². The number of carboxylic acids is 1. The highest BCUT2D eigenvalue weighted by atomic mass is 35.5. The molecule has 4 aromatic rings. The molecule has 0 aliphatic carbocycles. The van der Waals surface area contributed by atoms with Gasteiger partial charge in [-0.05, 0) is 79.2 Å². The molecule has 336 valence electrons. The van der Waals surface area contributed by atoms with Gasteiger partial charge in [-0.15, -0.1) is 0 Å². The van der Waals surface area contributed by atoms with Crippen LogP contribution < -0.4 is 42.6 Å². The molecule has 0 unspecified atom stereocenters. The summed E-state index contributed by atoms with van der Waals surface area (Å²) in [5.74, 6) is -4.84. The number of hydrogen-bond acceptors (Lipinski definition) is 13. The number of aliphatic carboxylic acids is 1. The van der Waals surface area contributed by atoms with Gasteiger partial charge in [0.1, 0.15) is 40.4 Å². The van der Waals surface area contributed by atoms with E-state index < -0.39 is 54.3 Å². The van der Waals surface area contributed by atoms with Gasteiger partial charge in [-0.1, -0.05) is 62.7 Å². The van der Waals surface area contributed by atoms with Crippen molar-refractivity contribution in [3.63, 3.8) is 0 Å². The standard InChI is InChI=1S/C44H54ClN9O9/c1-23-40(57)51-30(43(60)61)19-24-8-13-31(62-16-6-14-46)28(18-24)29-20-26(21-32(36(29)56)63-17-7-15-47)35(42(59)50-23)54(5)33(55)22-49-41(58)34-37(45)52-39(53-38(34)48)25-9-11-27(12-10-25)44(2,3)4/h8-13,18,20-21,23,30,35,56H,6-7,14-17,19,22,46-47H2,1-5H3,(H,49,58)(H,50,59)(H,51,57)(H,60,61)(H2,48,52,53)/t23-,30-,35-/m0/s1. The number of nitrogens with two attached hydrogens (primary N) is 3. The molecule has 1 aliphatic heterocycles. The number of aromatic nitrogens is 2. The van der Waals surface area contributed by atoms with Crippen LogP contribution in [0.3, 0.4) is 0 Å². The monoisotopic (exact) mass is 887 g/mol. The molecule has 18 nitrogen and oxygen atoms in total. The minimum absolute atomic E-state index is 0.0683. The van der Waals surface area contributed by atoms with Crippen LogP contribution in [0.15, 0.2) is 54.6 Å². The Kier molecular flexibility index (Phi) is 15.5.